The molecule has 5 heteroatoms. The number of carbonyl (C=O) groups is 1. The van der Waals surface area contributed by atoms with Gasteiger partial charge in [0.2, 0.25) is 5.91 Å². The topological polar surface area (TPSA) is 69.4 Å². The molecule has 0 bridgehead atoms. The van der Waals surface area contributed by atoms with Gasteiger partial charge in [-0.25, -0.2) is 0 Å². The third kappa shape index (κ3) is 2.36. The first-order chi connectivity index (χ1) is 10.0. The maximum atomic E-state index is 13.3. The van der Waals surface area contributed by atoms with Gasteiger partial charge in [0.05, 0.1) is 11.5 Å². The molecule has 1 heterocycles. The van der Waals surface area contributed by atoms with Gasteiger partial charge < -0.3 is 10.3 Å². The number of hydrogen-bond acceptors (Lipinski definition) is 3. The van der Waals surface area contributed by atoms with Crippen LogP contribution in [0.15, 0.2) is 48.5 Å². The molecular weight excluding hydrogens is 285 g/mol. The van der Waals surface area contributed by atoms with Crippen molar-refractivity contribution in [3.63, 3.8) is 0 Å². The van der Waals surface area contributed by atoms with E-state index in [9.17, 15) is 9.36 Å². The number of para-hydroxylation sites is 1. The van der Waals surface area contributed by atoms with Crippen molar-refractivity contribution in [2.45, 2.75) is 6.92 Å². The Morgan fingerprint density at radius 2 is 1.76 bits per heavy atom. The van der Waals surface area contributed by atoms with Crippen LogP contribution in [-0.4, -0.2) is 12.1 Å². The number of hydrogen-bond donors (Lipinski definition) is 1. The smallest absolute Gasteiger partial charge is 0.278 e. The zero-order chi connectivity index (χ0) is 15.0. The molecule has 0 saturated carbocycles. The highest BCUT2D eigenvalue weighted by atomic mass is 31.2. The minimum atomic E-state index is -3.15. The van der Waals surface area contributed by atoms with Crippen molar-refractivity contribution in [3.05, 3.63) is 48.5 Å². The molecule has 1 amide bonds. The lowest BCUT2D eigenvalue weighted by molar-refractivity contribution is -0.120. The molecule has 2 aromatic rings. The van der Waals surface area contributed by atoms with Crippen LogP contribution in [0, 0.1) is 5.92 Å². The van der Waals surface area contributed by atoms with Crippen molar-refractivity contribution in [1.29, 1.82) is 0 Å². The van der Waals surface area contributed by atoms with Crippen LogP contribution < -0.4 is 15.6 Å². The summed E-state index contributed by atoms with van der Waals surface area (Å²) in [4.78, 5) is 11.3. The van der Waals surface area contributed by atoms with Crippen molar-refractivity contribution in [2.75, 3.05) is 6.16 Å². The van der Waals surface area contributed by atoms with Gasteiger partial charge in [0.25, 0.3) is 7.37 Å². The maximum absolute atomic E-state index is 13.3. The molecule has 21 heavy (non-hydrogen) atoms. The number of fused-ring (bicyclic) bond motifs is 3. The second-order valence-corrected chi connectivity index (χ2v) is 7.64. The Kier molecular flexibility index (Phi) is 3.34. The van der Waals surface area contributed by atoms with Gasteiger partial charge in [0, 0.05) is 11.5 Å². The third-order valence-electron chi connectivity index (χ3n) is 3.69. The van der Waals surface area contributed by atoms with E-state index >= 15 is 0 Å². The number of amides is 1. The van der Waals surface area contributed by atoms with Crippen LogP contribution in [-0.2, 0) is 9.36 Å². The SMILES string of the molecule is CC(CP1(=O)Oc2ccccc2-c2ccccc21)C(N)=O. The summed E-state index contributed by atoms with van der Waals surface area (Å²) >= 11 is 0. The molecule has 1 aliphatic rings. The average molecular weight is 301 g/mol. The number of rotatable bonds is 3. The third-order valence-corrected chi connectivity index (χ3v) is 6.34. The second kappa shape index (κ2) is 5.05. The fourth-order valence-corrected chi connectivity index (χ4v) is 5.18. The highest BCUT2D eigenvalue weighted by molar-refractivity contribution is 7.67. The van der Waals surface area contributed by atoms with Crippen LogP contribution in [0.25, 0.3) is 11.1 Å². The summed E-state index contributed by atoms with van der Waals surface area (Å²) in [7, 11) is -3.15. The van der Waals surface area contributed by atoms with Gasteiger partial charge in [0.1, 0.15) is 5.75 Å². The summed E-state index contributed by atoms with van der Waals surface area (Å²) in [6, 6.07) is 15.0. The predicted molar refractivity (Wildman–Crippen MR) is 83.0 cm³/mol. The highest BCUT2D eigenvalue weighted by Crippen LogP contribution is 2.55. The molecule has 4 nitrogen and oxygen atoms in total. The molecule has 0 fully saturated rings. The molecule has 2 atom stereocenters. The largest absolute Gasteiger partial charge is 0.439 e. The lowest BCUT2D eigenvalue weighted by Gasteiger charge is -2.29. The molecule has 0 saturated heterocycles. The molecule has 0 radical (unpaired) electrons. The van der Waals surface area contributed by atoms with E-state index in [-0.39, 0.29) is 6.16 Å². The van der Waals surface area contributed by atoms with Crippen LogP contribution in [0.3, 0.4) is 0 Å². The molecule has 2 unspecified atom stereocenters. The number of primary amides is 1. The van der Waals surface area contributed by atoms with Crippen LogP contribution in [0.2, 0.25) is 0 Å². The van der Waals surface area contributed by atoms with E-state index in [1.54, 1.807) is 19.1 Å². The minimum absolute atomic E-state index is 0.119. The van der Waals surface area contributed by atoms with E-state index in [4.69, 9.17) is 10.3 Å². The fourth-order valence-electron chi connectivity index (χ4n) is 2.56. The zero-order valence-electron chi connectivity index (χ0n) is 11.7. The Hall–Kier alpha value is -2.06. The van der Waals surface area contributed by atoms with Gasteiger partial charge in [-0.3, -0.25) is 9.36 Å². The molecular formula is C16H16NO3P. The summed E-state index contributed by atoms with van der Waals surface area (Å²) in [5.41, 5.74) is 7.14. The summed E-state index contributed by atoms with van der Waals surface area (Å²) in [6.07, 6.45) is 0.119. The van der Waals surface area contributed by atoms with Crippen molar-refractivity contribution in [3.8, 4) is 16.9 Å². The zero-order valence-corrected chi connectivity index (χ0v) is 12.5. The molecule has 1 aliphatic heterocycles. The van der Waals surface area contributed by atoms with E-state index < -0.39 is 19.2 Å². The number of carbonyl (C=O) groups excluding carboxylic acids is 1. The van der Waals surface area contributed by atoms with Crippen molar-refractivity contribution < 1.29 is 13.9 Å². The van der Waals surface area contributed by atoms with Crippen molar-refractivity contribution in [1.82, 2.24) is 0 Å². The molecule has 3 rings (SSSR count). The van der Waals surface area contributed by atoms with Gasteiger partial charge in [-0.05, 0) is 17.7 Å². The average Bonchev–Trinajstić information content (AvgIpc) is 2.47. The Labute approximate surface area is 123 Å². The Morgan fingerprint density at radius 3 is 2.48 bits per heavy atom. The standard InChI is InChI=1S/C16H16NO3P/c1-11(16(17)18)10-21(19)15-9-5-3-7-13(15)12-6-2-4-8-14(12)20-21/h2-9,11H,10H2,1H3,(H2,17,18). The second-order valence-electron chi connectivity index (χ2n) is 5.26. The molecule has 2 aromatic carbocycles. The number of benzene rings is 2. The Morgan fingerprint density at radius 1 is 1.14 bits per heavy atom. The first-order valence-corrected chi connectivity index (χ1v) is 8.59. The van der Waals surface area contributed by atoms with Gasteiger partial charge in [0.15, 0.2) is 0 Å². The lowest BCUT2D eigenvalue weighted by Crippen LogP contribution is -2.28. The van der Waals surface area contributed by atoms with Gasteiger partial charge in [-0.15, -0.1) is 0 Å². The quantitative estimate of drug-likeness (QED) is 0.886. The summed E-state index contributed by atoms with van der Waals surface area (Å²) < 4.78 is 19.1. The highest BCUT2D eigenvalue weighted by Gasteiger charge is 2.37. The van der Waals surface area contributed by atoms with Crippen molar-refractivity contribution in [2.24, 2.45) is 11.7 Å². The molecule has 0 aromatic heterocycles. The molecule has 0 aliphatic carbocycles. The van der Waals surface area contributed by atoms with Crippen LogP contribution in [0.5, 0.6) is 5.75 Å². The summed E-state index contributed by atoms with van der Waals surface area (Å²) in [5.74, 6) is -0.379. The van der Waals surface area contributed by atoms with E-state index in [0.29, 0.717) is 11.1 Å². The maximum Gasteiger partial charge on any atom is 0.278 e. The van der Waals surface area contributed by atoms with E-state index in [2.05, 4.69) is 0 Å². The number of nitrogens with two attached hydrogens (primary N) is 1. The van der Waals surface area contributed by atoms with Gasteiger partial charge in [-0.1, -0.05) is 43.3 Å². The van der Waals surface area contributed by atoms with Crippen LogP contribution >= 0.6 is 7.37 Å². The van der Waals surface area contributed by atoms with E-state index in [0.717, 1.165) is 11.1 Å². The van der Waals surface area contributed by atoms with Crippen molar-refractivity contribution >= 4 is 18.6 Å². The molecule has 2 N–H and O–H groups in total. The predicted octanol–water partition coefficient (Wildman–Crippen LogP) is 2.77. The van der Waals surface area contributed by atoms with Gasteiger partial charge >= 0.3 is 0 Å². The summed E-state index contributed by atoms with van der Waals surface area (Å²) in [6.45, 7) is 1.68. The molecule has 0 spiro atoms. The summed E-state index contributed by atoms with van der Waals surface area (Å²) in [5, 5.41) is 0.664. The van der Waals surface area contributed by atoms with E-state index in [1.807, 2.05) is 36.4 Å². The monoisotopic (exact) mass is 301 g/mol. The van der Waals surface area contributed by atoms with Crippen LogP contribution in [0.1, 0.15) is 6.92 Å². The first-order valence-electron chi connectivity index (χ1n) is 6.78. The van der Waals surface area contributed by atoms with Gasteiger partial charge in [-0.2, -0.15) is 0 Å². The first kappa shape index (κ1) is 13.9. The van der Waals surface area contributed by atoms with Crippen LogP contribution in [0.4, 0.5) is 0 Å². The molecule has 108 valence electrons. The Bertz CT molecular complexity index is 757. The lowest BCUT2D eigenvalue weighted by atomic mass is 10.0. The fraction of sp³-hybridized carbons (Fsp3) is 0.188. The minimum Gasteiger partial charge on any atom is -0.439 e. The van der Waals surface area contributed by atoms with E-state index in [1.165, 1.54) is 0 Å². The Balaban J connectivity index is 2.14. The normalized spacial score (nSPS) is 20.8.